The molecular weight excluding hydrogens is 388 g/mol. The van der Waals surface area contributed by atoms with E-state index in [9.17, 15) is 9.59 Å². The average molecular weight is 423 g/mol. The van der Waals surface area contributed by atoms with Crippen molar-refractivity contribution in [3.63, 3.8) is 0 Å². The zero-order valence-corrected chi connectivity index (χ0v) is 18.5. The summed E-state index contributed by atoms with van der Waals surface area (Å²) >= 11 is 0. The highest BCUT2D eigenvalue weighted by atomic mass is 35.5. The first kappa shape index (κ1) is 23.6. The molecule has 162 valence electrons. The van der Waals surface area contributed by atoms with Gasteiger partial charge in [0.05, 0.1) is 5.92 Å². The molecule has 0 spiro atoms. The number of para-hydroxylation sites is 1. The zero-order chi connectivity index (χ0) is 19.9. The minimum absolute atomic E-state index is 0. The number of nitrogens with one attached hydrogen (secondary N) is 2. The first-order valence-electron chi connectivity index (χ1n) is 10.7. The van der Waals surface area contributed by atoms with Crippen LogP contribution in [0.15, 0.2) is 24.3 Å². The Labute approximate surface area is 180 Å². The van der Waals surface area contributed by atoms with E-state index >= 15 is 0 Å². The molecule has 2 saturated heterocycles. The van der Waals surface area contributed by atoms with Crippen molar-refractivity contribution in [3.8, 4) is 0 Å². The summed E-state index contributed by atoms with van der Waals surface area (Å²) in [5.41, 5.74) is 2.16. The van der Waals surface area contributed by atoms with Crippen LogP contribution < -0.4 is 15.5 Å². The van der Waals surface area contributed by atoms with Gasteiger partial charge in [0.2, 0.25) is 11.8 Å². The van der Waals surface area contributed by atoms with E-state index in [0.717, 1.165) is 51.3 Å². The number of amides is 2. The molecule has 2 heterocycles. The number of halogens is 1. The van der Waals surface area contributed by atoms with E-state index in [2.05, 4.69) is 35.4 Å². The summed E-state index contributed by atoms with van der Waals surface area (Å²) in [6, 6.07) is 8.10. The van der Waals surface area contributed by atoms with E-state index in [1.54, 1.807) is 0 Å². The molecule has 0 aromatic heterocycles. The Hall–Kier alpha value is -1.63. The van der Waals surface area contributed by atoms with Crippen molar-refractivity contribution in [1.29, 1.82) is 0 Å². The van der Waals surface area contributed by atoms with Crippen molar-refractivity contribution < 1.29 is 9.59 Å². The summed E-state index contributed by atoms with van der Waals surface area (Å²) in [7, 11) is 0. The van der Waals surface area contributed by atoms with Crippen LogP contribution in [0.3, 0.4) is 0 Å². The minimum Gasteiger partial charge on any atom is -0.356 e. The molecule has 0 aliphatic carbocycles. The maximum Gasteiger partial charge on any atom is 0.227 e. The topological polar surface area (TPSA) is 64.7 Å². The summed E-state index contributed by atoms with van der Waals surface area (Å²) < 4.78 is 0. The summed E-state index contributed by atoms with van der Waals surface area (Å²) in [6.07, 6.45) is 2.28. The second kappa shape index (κ2) is 11.5. The highest BCUT2D eigenvalue weighted by Gasteiger charge is 2.36. The van der Waals surface area contributed by atoms with Gasteiger partial charge < -0.3 is 20.4 Å². The number of hydrogen-bond acceptors (Lipinski definition) is 4. The van der Waals surface area contributed by atoms with E-state index in [4.69, 9.17) is 0 Å². The van der Waals surface area contributed by atoms with Crippen molar-refractivity contribution in [2.24, 2.45) is 5.92 Å². The Kier molecular flexibility index (Phi) is 9.40. The maximum atomic E-state index is 12.6. The molecule has 2 N–H and O–H groups in total. The molecule has 2 aliphatic rings. The molecule has 2 atom stereocenters. The Morgan fingerprint density at radius 1 is 1.28 bits per heavy atom. The molecule has 0 saturated carbocycles. The van der Waals surface area contributed by atoms with Gasteiger partial charge in [-0.05, 0) is 36.9 Å². The van der Waals surface area contributed by atoms with Gasteiger partial charge in [0.1, 0.15) is 0 Å². The maximum absolute atomic E-state index is 12.6. The van der Waals surface area contributed by atoms with Gasteiger partial charge in [-0.2, -0.15) is 0 Å². The lowest BCUT2D eigenvalue weighted by Gasteiger charge is -2.27. The standard InChI is InChI=1S/C22H34N4O2.ClH/c1-3-17(2)19-7-4-5-8-20(19)26-16-18(15-21(26)27)22(28)24-9-6-12-25-13-10-23-11-14-25;/h4-5,7-8,17-18,23H,3,6,9-16H2,1-2H3,(H,24,28);1H. The van der Waals surface area contributed by atoms with Crippen LogP contribution >= 0.6 is 12.4 Å². The second-order valence-electron chi connectivity index (χ2n) is 8.01. The van der Waals surface area contributed by atoms with E-state index in [-0.39, 0.29) is 30.1 Å². The monoisotopic (exact) mass is 422 g/mol. The lowest BCUT2D eigenvalue weighted by molar-refractivity contribution is -0.126. The number of hydrogen-bond donors (Lipinski definition) is 2. The lowest BCUT2D eigenvalue weighted by atomic mass is 9.96. The highest BCUT2D eigenvalue weighted by molar-refractivity contribution is 6.00. The molecule has 0 bridgehead atoms. The van der Waals surface area contributed by atoms with Crippen molar-refractivity contribution in [2.75, 3.05) is 50.7 Å². The van der Waals surface area contributed by atoms with Crippen molar-refractivity contribution in [3.05, 3.63) is 29.8 Å². The Morgan fingerprint density at radius 3 is 2.72 bits per heavy atom. The van der Waals surface area contributed by atoms with Crippen LogP contribution in [0.1, 0.15) is 44.6 Å². The molecule has 2 aliphatic heterocycles. The van der Waals surface area contributed by atoms with Gasteiger partial charge in [-0.3, -0.25) is 9.59 Å². The molecule has 3 rings (SSSR count). The SMILES string of the molecule is CCC(C)c1ccccc1N1CC(C(=O)NCCCN2CCNCC2)CC1=O.Cl. The fourth-order valence-electron chi connectivity index (χ4n) is 4.08. The molecule has 29 heavy (non-hydrogen) atoms. The quantitative estimate of drug-likeness (QED) is 0.631. The number of anilines is 1. The lowest BCUT2D eigenvalue weighted by Crippen LogP contribution is -2.44. The van der Waals surface area contributed by atoms with E-state index in [0.29, 0.717) is 25.4 Å². The number of carbonyl (C=O) groups excluding carboxylic acids is 2. The highest BCUT2D eigenvalue weighted by Crippen LogP contribution is 2.33. The molecule has 1 aromatic carbocycles. The smallest absolute Gasteiger partial charge is 0.227 e. The number of benzene rings is 1. The molecule has 0 radical (unpaired) electrons. The fraction of sp³-hybridized carbons (Fsp3) is 0.636. The van der Waals surface area contributed by atoms with E-state index < -0.39 is 0 Å². The van der Waals surface area contributed by atoms with Gasteiger partial charge in [-0.15, -0.1) is 12.4 Å². The molecule has 7 heteroatoms. The summed E-state index contributed by atoms with van der Waals surface area (Å²) in [5, 5.41) is 6.39. The first-order chi connectivity index (χ1) is 13.6. The van der Waals surface area contributed by atoms with Gasteiger partial charge >= 0.3 is 0 Å². The number of rotatable bonds is 8. The van der Waals surface area contributed by atoms with Gasteiger partial charge in [0.25, 0.3) is 0 Å². The van der Waals surface area contributed by atoms with Crippen molar-refractivity contribution in [1.82, 2.24) is 15.5 Å². The van der Waals surface area contributed by atoms with Gasteiger partial charge in [0, 0.05) is 51.4 Å². The van der Waals surface area contributed by atoms with Crippen molar-refractivity contribution in [2.45, 2.75) is 39.0 Å². The number of carbonyl (C=O) groups is 2. The van der Waals surface area contributed by atoms with E-state index in [1.165, 1.54) is 5.56 Å². The summed E-state index contributed by atoms with van der Waals surface area (Å²) in [4.78, 5) is 29.4. The zero-order valence-electron chi connectivity index (χ0n) is 17.7. The van der Waals surface area contributed by atoms with Crippen molar-refractivity contribution >= 4 is 29.9 Å². The Morgan fingerprint density at radius 2 is 2.00 bits per heavy atom. The molecular formula is C22H35ClN4O2. The van der Waals surface area contributed by atoms with Crippen LogP contribution in [-0.2, 0) is 9.59 Å². The van der Waals surface area contributed by atoms with Gasteiger partial charge in [0.15, 0.2) is 0 Å². The molecule has 2 amide bonds. The second-order valence-corrected chi connectivity index (χ2v) is 8.01. The Balaban J connectivity index is 0.00000300. The first-order valence-corrected chi connectivity index (χ1v) is 10.7. The molecule has 6 nitrogen and oxygen atoms in total. The van der Waals surface area contributed by atoms with Gasteiger partial charge in [-0.25, -0.2) is 0 Å². The number of piperazine rings is 1. The minimum atomic E-state index is -0.253. The van der Waals surface area contributed by atoms with Crippen LogP contribution in [0.25, 0.3) is 0 Å². The van der Waals surface area contributed by atoms with Gasteiger partial charge in [-0.1, -0.05) is 32.0 Å². The van der Waals surface area contributed by atoms with Crippen LogP contribution in [0.4, 0.5) is 5.69 Å². The summed E-state index contributed by atoms with van der Waals surface area (Å²) in [6.45, 7) is 10.8. The normalized spacial score (nSPS) is 21.0. The molecule has 1 aromatic rings. The Bertz CT molecular complexity index is 679. The summed E-state index contributed by atoms with van der Waals surface area (Å²) in [5.74, 6) is 0.201. The average Bonchev–Trinajstić information content (AvgIpc) is 3.13. The molecule has 2 fully saturated rings. The third-order valence-electron chi connectivity index (χ3n) is 6.03. The van der Waals surface area contributed by atoms with Crippen LogP contribution in [-0.4, -0.2) is 62.5 Å². The van der Waals surface area contributed by atoms with Crippen LogP contribution in [0.5, 0.6) is 0 Å². The van der Waals surface area contributed by atoms with Crippen LogP contribution in [0, 0.1) is 5.92 Å². The largest absolute Gasteiger partial charge is 0.356 e. The molecule has 2 unspecified atom stereocenters. The fourth-order valence-corrected chi connectivity index (χ4v) is 4.08. The predicted molar refractivity (Wildman–Crippen MR) is 120 cm³/mol. The predicted octanol–water partition coefficient (Wildman–Crippen LogP) is 2.39. The van der Waals surface area contributed by atoms with E-state index in [1.807, 2.05) is 23.1 Å². The third kappa shape index (κ3) is 6.17. The number of nitrogens with zero attached hydrogens (tertiary/aromatic N) is 2. The third-order valence-corrected chi connectivity index (χ3v) is 6.03. The van der Waals surface area contributed by atoms with Crippen LogP contribution in [0.2, 0.25) is 0 Å².